The Morgan fingerprint density at radius 1 is 0.889 bits per heavy atom. The molecule has 0 unspecified atom stereocenters. The first-order valence-electron chi connectivity index (χ1n) is 12.5. The van der Waals surface area contributed by atoms with E-state index >= 15 is 0 Å². The van der Waals surface area contributed by atoms with Gasteiger partial charge in [0.05, 0.1) is 13.7 Å². The molecule has 1 saturated heterocycles. The molecule has 36 heavy (non-hydrogen) atoms. The fourth-order valence-corrected chi connectivity index (χ4v) is 5.88. The summed E-state index contributed by atoms with van der Waals surface area (Å²) < 4.78 is 18.0. The first-order chi connectivity index (χ1) is 17.7. The molecule has 0 amide bonds. The van der Waals surface area contributed by atoms with Gasteiger partial charge in [0.25, 0.3) is 0 Å². The van der Waals surface area contributed by atoms with Crippen LogP contribution in [0.3, 0.4) is 0 Å². The number of fused-ring (bicyclic) bond motifs is 1. The summed E-state index contributed by atoms with van der Waals surface area (Å²) in [7, 11) is 1.66. The Morgan fingerprint density at radius 2 is 1.56 bits per heavy atom. The molecule has 5 nitrogen and oxygen atoms in total. The molecule has 6 heteroatoms. The predicted octanol–water partition coefficient (Wildman–Crippen LogP) is 6.68. The molecule has 0 bridgehead atoms. The molecule has 5 rings (SSSR count). The summed E-state index contributed by atoms with van der Waals surface area (Å²) in [6.07, 6.45) is 2.55. The average molecular weight is 502 g/mol. The van der Waals surface area contributed by atoms with Gasteiger partial charge in [0.1, 0.15) is 23.9 Å². The Kier molecular flexibility index (Phi) is 7.54. The number of ether oxygens (including phenoxy) is 3. The largest absolute Gasteiger partial charge is 0.497 e. The van der Waals surface area contributed by atoms with Crippen LogP contribution in [0.1, 0.15) is 35.7 Å². The van der Waals surface area contributed by atoms with E-state index < -0.39 is 0 Å². The van der Waals surface area contributed by atoms with E-state index in [-0.39, 0.29) is 5.78 Å². The molecule has 1 aromatic heterocycles. The number of ketones is 1. The van der Waals surface area contributed by atoms with Crippen molar-refractivity contribution in [2.75, 3.05) is 40.0 Å². The number of methoxy groups -OCH3 is 1. The molecule has 1 aliphatic heterocycles. The van der Waals surface area contributed by atoms with Crippen molar-refractivity contribution < 1.29 is 19.0 Å². The van der Waals surface area contributed by atoms with Crippen LogP contribution >= 0.6 is 11.3 Å². The maximum Gasteiger partial charge on any atom is 0.195 e. The average Bonchev–Trinajstić information content (AvgIpc) is 3.57. The minimum Gasteiger partial charge on any atom is -0.497 e. The summed E-state index contributed by atoms with van der Waals surface area (Å²) in [5.41, 5.74) is 2.35. The van der Waals surface area contributed by atoms with Crippen LogP contribution in [0, 0.1) is 0 Å². The minimum absolute atomic E-state index is 0.00100. The summed E-state index contributed by atoms with van der Waals surface area (Å²) in [6.45, 7) is 6.50. The first kappa shape index (κ1) is 24.3. The van der Waals surface area contributed by atoms with Crippen LogP contribution in [0.25, 0.3) is 20.5 Å². The lowest BCUT2D eigenvalue weighted by molar-refractivity contribution is 0.104. The van der Waals surface area contributed by atoms with Gasteiger partial charge in [-0.1, -0.05) is 0 Å². The topological polar surface area (TPSA) is 48.0 Å². The summed E-state index contributed by atoms with van der Waals surface area (Å²) in [4.78, 5) is 17.2. The van der Waals surface area contributed by atoms with E-state index in [0.717, 1.165) is 57.4 Å². The number of carbonyl (C=O) groups excluding carboxylic acids is 1. The van der Waals surface area contributed by atoms with Gasteiger partial charge in [0.2, 0.25) is 0 Å². The van der Waals surface area contributed by atoms with Gasteiger partial charge >= 0.3 is 0 Å². The number of benzene rings is 3. The van der Waals surface area contributed by atoms with Crippen molar-refractivity contribution in [2.24, 2.45) is 0 Å². The third-order valence-corrected chi connectivity index (χ3v) is 7.74. The molecule has 0 radical (unpaired) electrons. The molecule has 0 saturated carbocycles. The number of likely N-dealkylation sites (tertiary alicyclic amines) is 1. The third-order valence-electron chi connectivity index (χ3n) is 6.54. The first-order valence-corrected chi connectivity index (χ1v) is 13.3. The number of rotatable bonds is 10. The van der Waals surface area contributed by atoms with Gasteiger partial charge in [-0.25, -0.2) is 0 Å². The lowest BCUT2D eigenvalue weighted by atomic mass is 9.97. The highest BCUT2D eigenvalue weighted by molar-refractivity contribution is 7.22. The van der Waals surface area contributed by atoms with Crippen molar-refractivity contribution in [3.8, 4) is 27.7 Å². The maximum absolute atomic E-state index is 13.8. The lowest BCUT2D eigenvalue weighted by Crippen LogP contribution is -2.25. The molecule has 0 aliphatic carbocycles. The van der Waals surface area contributed by atoms with E-state index in [1.807, 2.05) is 73.7 Å². The molecular formula is C30H31NO4S. The van der Waals surface area contributed by atoms with Crippen molar-refractivity contribution in [2.45, 2.75) is 19.8 Å². The monoisotopic (exact) mass is 501 g/mol. The van der Waals surface area contributed by atoms with Crippen LogP contribution in [0.2, 0.25) is 0 Å². The third kappa shape index (κ3) is 5.25. The fourth-order valence-electron chi connectivity index (χ4n) is 4.65. The van der Waals surface area contributed by atoms with Gasteiger partial charge in [-0.05, 0) is 105 Å². The Labute approximate surface area is 216 Å². The Bertz CT molecular complexity index is 1320. The van der Waals surface area contributed by atoms with Crippen molar-refractivity contribution in [1.82, 2.24) is 4.90 Å². The minimum atomic E-state index is -0.00100. The Balaban J connectivity index is 1.43. The summed E-state index contributed by atoms with van der Waals surface area (Å²) >= 11 is 1.60. The summed E-state index contributed by atoms with van der Waals surface area (Å²) in [5, 5.41) is 0.931. The zero-order valence-corrected chi connectivity index (χ0v) is 21.6. The van der Waals surface area contributed by atoms with Gasteiger partial charge in [-0.2, -0.15) is 0 Å². The number of hydrogen-bond donors (Lipinski definition) is 0. The van der Waals surface area contributed by atoms with E-state index in [1.165, 1.54) is 12.8 Å². The molecule has 0 spiro atoms. The number of carbonyl (C=O) groups is 1. The number of thiophene rings is 1. The summed E-state index contributed by atoms with van der Waals surface area (Å²) in [5.74, 6) is 2.38. The van der Waals surface area contributed by atoms with Gasteiger partial charge in [-0.3, -0.25) is 9.69 Å². The fraction of sp³-hybridized carbons (Fsp3) is 0.300. The van der Waals surface area contributed by atoms with Gasteiger partial charge in [0, 0.05) is 32.6 Å². The second kappa shape index (κ2) is 11.1. The number of nitrogens with zero attached hydrogens (tertiary/aromatic N) is 1. The second-order valence-corrected chi connectivity index (χ2v) is 9.93. The van der Waals surface area contributed by atoms with Crippen molar-refractivity contribution in [1.29, 1.82) is 0 Å². The van der Waals surface area contributed by atoms with Crippen molar-refractivity contribution in [3.05, 3.63) is 77.9 Å². The highest BCUT2D eigenvalue weighted by atomic mass is 32.1. The van der Waals surface area contributed by atoms with E-state index in [2.05, 4.69) is 4.90 Å². The van der Waals surface area contributed by atoms with Gasteiger partial charge in [0.15, 0.2) is 5.78 Å². The molecule has 3 aromatic carbocycles. The van der Waals surface area contributed by atoms with Crippen molar-refractivity contribution in [3.63, 3.8) is 0 Å². The quantitative estimate of drug-likeness (QED) is 0.227. The maximum atomic E-state index is 13.8. The molecule has 186 valence electrons. The Morgan fingerprint density at radius 3 is 2.25 bits per heavy atom. The molecular weight excluding hydrogens is 470 g/mol. The molecule has 2 heterocycles. The second-order valence-electron chi connectivity index (χ2n) is 8.88. The molecule has 0 N–H and O–H groups in total. The SMILES string of the molecule is CCOc1ccc(-c2sc3cc(OC)ccc3c2C(=O)c2ccc(OCCN3CCCC3)cc2)cc1. The molecule has 1 fully saturated rings. The van der Waals surface area contributed by atoms with E-state index in [9.17, 15) is 4.79 Å². The van der Waals surface area contributed by atoms with E-state index in [1.54, 1.807) is 18.4 Å². The Hall–Kier alpha value is -3.35. The van der Waals surface area contributed by atoms with Crippen molar-refractivity contribution >= 4 is 27.2 Å². The van der Waals surface area contributed by atoms with Gasteiger partial charge < -0.3 is 14.2 Å². The lowest BCUT2D eigenvalue weighted by Gasteiger charge is -2.15. The van der Waals surface area contributed by atoms with Gasteiger partial charge in [-0.15, -0.1) is 11.3 Å². The van der Waals surface area contributed by atoms with Crippen LogP contribution < -0.4 is 14.2 Å². The predicted molar refractivity (Wildman–Crippen MR) is 146 cm³/mol. The van der Waals surface area contributed by atoms with Crippen LogP contribution in [0.15, 0.2) is 66.7 Å². The molecule has 4 aromatic rings. The van der Waals surface area contributed by atoms with Crippen LogP contribution in [-0.2, 0) is 0 Å². The van der Waals surface area contributed by atoms with E-state index in [0.29, 0.717) is 24.3 Å². The zero-order chi connectivity index (χ0) is 24.9. The zero-order valence-electron chi connectivity index (χ0n) is 20.8. The van der Waals surface area contributed by atoms with E-state index in [4.69, 9.17) is 14.2 Å². The van der Waals surface area contributed by atoms with Crippen LogP contribution in [0.5, 0.6) is 17.2 Å². The van der Waals surface area contributed by atoms with Crippen LogP contribution in [-0.4, -0.2) is 50.6 Å². The standard InChI is InChI=1S/C30H31NO4S/c1-3-34-23-12-8-22(9-13-23)30-28(26-15-14-25(33-2)20-27(26)36-30)29(32)21-6-10-24(11-7-21)35-19-18-31-16-4-5-17-31/h6-15,20H,3-5,16-19H2,1-2H3. The highest BCUT2D eigenvalue weighted by Gasteiger charge is 2.22. The molecule has 1 aliphatic rings. The van der Waals surface area contributed by atoms with Crippen LogP contribution in [0.4, 0.5) is 0 Å². The highest BCUT2D eigenvalue weighted by Crippen LogP contribution is 2.41. The number of hydrogen-bond acceptors (Lipinski definition) is 6. The normalized spacial score (nSPS) is 13.7. The molecule has 0 atom stereocenters. The summed E-state index contributed by atoms with van der Waals surface area (Å²) in [6, 6.07) is 21.3. The smallest absolute Gasteiger partial charge is 0.195 e.